The van der Waals surface area contributed by atoms with E-state index in [0.717, 1.165) is 50.0 Å². The van der Waals surface area contributed by atoms with Gasteiger partial charge < -0.3 is 0 Å². The highest BCUT2D eigenvalue weighted by Gasteiger charge is 2.35. The Morgan fingerprint density at radius 2 is 1.24 bits per heavy atom. The zero-order valence-corrected chi connectivity index (χ0v) is 27.1. The quantitative estimate of drug-likeness (QED) is 0.179. The summed E-state index contributed by atoms with van der Waals surface area (Å²) >= 11 is 0. The van der Waals surface area contributed by atoms with Crippen LogP contribution in [0.25, 0.3) is 88.2 Å². The lowest BCUT2D eigenvalue weighted by molar-refractivity contribution is 0.660. The van der Waals surface area contributed by atoms with Gasteiger partial charge in [-0.3, -0.25) is 8.97 Å². The predicted molar refractivity (Wildman–Crippen MR) is 203 cm³/mol. The van der Waals surface area contributed by atoms with Crippen LogP contribution in [0, 0.1) is 0 Å². The van der Waals surface area contributed by atoms with E-state index in [1.807, 2.05) is 6.20 Å². The Balaban J connectivity index is 1.23. The van der Waals surface area contributed by atoms with E-state index < -0.39 is 0 Å². The fourth-order valence-corrected chi connectivity index (χ4v) is 8.70. The fourth-order valence-electron chi connectivity index (χ4n) is 8.70. The molecular formula is C45H30N4. The van der Waals surface area contributed by atoms with Crippen molar-refractivity contribution in [2.75, 3.05) is 0 Å². The zero-order chi connectivity index (χ0) is 32.4. The van der Waals surface area contributed by atoms with Crippen molar-refractivity contribution >= 4 is 60.2 Å². The van der Waals surface area contributed by atoms with E-state index in [-0.39, 0.29) is 5.41 Å². The summed E-state index contributed by atoms with van der Waals surface area (Å²) in [4.78, 5) is 10.2. The van der Waals surface area contributed by atoms with Crippen LogP contribution in [0.15, 0.2) is 146 Å². The molecule has 4 nitrogen and oxygen atoms in total. The molecule has 6 aromatic carbocycles. The van der Waals surface area contributed by atoms with Crippen molar-refractivity contribution in [2.24, 2.45) is 0 Å². The summed E-state index contributed by atoms with van der Waals surface area (Å²) in [5.74, 6) is 0.900. The van der Waals surface area contributed by atoms with Gasteiger partial charge in [0, 0.05) is 33.2 Å². The largest absolute Gasteiger partial charge is 0.293 e. The van der Waals surface area contributed by atoms with Crippen LogP contribution in [-0.2, 0) is 5.41 Å². The zero-order valence-electron chi connectivity index (χ0n) is 27.1. The number of fused-ring (bicyclic) bond motifs is 15. The molecule has 0 amide bonds. The third-order valence-corrected chi connectivity index (χ3v) is 10.9. The highest BCUT2D eigenvalue weighted by Crippen LogP contribution is 2.49. The first kappa shape index (κ1) is 26.8. The van der Waals surface area contributed by atoms with Crippen LogP contribution in [0.3, 0.4) is 0 Å². The van der Waals surface area contributed by atoms with Crippen LogP contribution in [-0.4, -0.2) is 18.9 Å². The molecule has 0 N–H and O–H groups in total. The first-order chi connectivity index (χ1) is 24.1. The van der Waals surface area contributed by atoms with Gasteiger partial charge >= 0.3 is 0 Å². The molecule has 0 radical (unpaired) electrons. The number of pyridine rings is 2. The Morgan fingerprint density at radius 3 is 2.14 bits per heavy atom. The molecule has 1 aliphatic carbocycles. The lowest BCUT2D eigenvalue weighted by Crippen LogP contribution is -2.14. The molecule has 4 heteroatoms. The van der Waals surface area contributed by atoms with Gasteiger partial charge in [0.05, 0.1) is 27.6 Å². The molecule has 0 atom stereocenters. The lowest BCUT2D eigenvalue weighted by atomic mass is 9.82. The van der Waals surface area contributed by atoms with Crippen molar-refractivity contribution in [2.45, 2.75) is 19.3 Å². The molecule has 0 aliphatic heterocycles. The highest BCUT2D eigenvalue weighted by atomic mass is 15.1. The van der Waals surface area contributed by atoms with Crippen molar-refractivity contribution < 1.29 is 0 Å². The minimum atomic E-state index is -0.0212. The summed E-state index contributed by atoms with van der Waals surface area (Å²) < 4.78 is 4.71. The molecule has 11 rings (SSSR count). The maximum atomic E-state index is 5.13. The Hall–Kier alpha value is -6.26. The molecule has 0 bridgehead atoms. The first-order valence-electron chi connectivity index (χ1n) is 16.9. The van der Waals surface area contributed by atoms with Gasteiger partial charge in [0.2, 0.25) is 0 Å². The Bertz CT molecular complexity index is 3030. The van der Waals surface area contributed by atoms with E-state index in [9.17, 15) is 0 Å². The average Bonchev–Trinajstić information content (AvgIpc) is 3.78. The SMILES string of the molecule is CC1(C)c2ccccc2-c2cc(-c3ccnc(-n4c5ccccc5c5ccc6c(c7ccccc7c7nc8ccccc8n67)c54)c3)ccc21. The maximum Gasteiger partial charge on any atom is 0.146 e. The van der Waals surface area contributed by atoms with Gasteiger partial charge in [-0.15, -0.1) is 0 Å². The fraction of sp³-hybridized carbons (Fsp3) is 0.0667. The van der Waals surface area contributed by atoms with E-state index in [2.05, 4.69) is 162 Å². The summed E-state index contributed by atoms with van der Waals surface area (Å²) in [5.41, 5.74) is 14.3. The van der Waals surface area contributed by atoms with Gasteiger partial charge in [0.1, 0.15) is 11.5 Å². The van der Waals surface area contributed by atoms with Crippen molar-refractivity contribution in [3.8, 4) is 28.1 Å². The van der Waals surface area contributed by atoms with E-state index >= 15 is 0 Å². The number of nitrogens with zero attached hydrogens (tertiary/aromatic N) is 4. The summed E-state index contributed by atoms with van der Waals surface area (Å²) in [7, 11) is 0. The molecule has 10 aromatic rings. The molecule has 0 fully saturated rings. The van der Waals surface area contributed by atoms with Crippen LogP contribution < -0.4 is 0 Å². The second kappa shape index (κ2) is 9.42. The molecule has 1 aliphatic rings. The standard InChI is InChI=1S/C45H30N4/c1-45(2)35-15-7-5-11-29(35)34-25-27(19-21-36(34)45)28-23-24-46-41(26-28)49-38-17-9-6-12-30(38)32-20-22-40-42(43(32)49)31-13-3-4-14-33(31)44-47-37-16-8-10-18-39(37)48(40)44/h3-26H,1-2H3. The molecule has 0 unspecified atom stereocenters. The molecule has 230 valence electrons. The molecule has 0 spiro atoms. The summed E-state index contributed by atoms with van der Waals surface area (Å²) in [6, 6.07) is 50.6. The minimum Gasteiger partial charge on any atom is -0.293 e. The molecule has 4 aromatic heterocycles. The second-order valence-corrected chi connectivity index (χ2v) is 13.8. The van der Waals surface area contributed by atoms with E-state index in [0.29, 0.717) is 0 Å². The summed E-state index contributed by atoms with van der Waals surface area (Å²) in [6.07, 6.45) is 1.96. The van der Waals surface area contributed by atoms with Crippen molar-refractivity contribution in [3.63, 3.8) is 0 Å². The molecular weight excluding hydrogens is 597 g/mol. The molecule has 4 heterocycles. The summed E-state index contributed by atoms with van der Waals surface area (Å²) in [5, 5.41) is 5.94. The number of para-hydroxylation sites is 3. The van der Waals surface area contributed by atoms with Crippen LogP contribution in [0.5, 0.6) is 0 Å². The number of imidazole rings is 1. The van der Waals surface area contributed by atoms with Crippen LogP contribution >= 0.6 is 0 Å². The third-order valence-electron chi connectivity index (χ3n) is 10.9. The minimum absolute atomic E-state index is 0.0212. The highest BCUT2D eigenvalue weighted by molar-refractivity contribution is 6.27. The summed E-state index contributed by atoms with van der Waals surface area (Å²) in [6.45, 7) is 4.66. The van der Waals surface area contributed by atoms with Gasteiger partial charge in [0.25, 0.3) is 0 Å². The van der Waals surface area contributed by atoms with Gasteiger partial charge in [0.15, 0.2) is 0 Å². The number of hydrogen-bond acceptors (Lipinski definition) is 2. The predicted octanol–water partition coefficient (Wildman–Crippen LogP) is 11.3. The van der Waals surface area contributed by atoms with Crippen molar-refractivity contribution in [3.05, 3.63) is 157 Å². The number of benzene rings is 6. The monoisotopic (exact) mass is 626 g/mol. The Morgan fingerprint density at radius 1 is 0.531 bits per heavy atom. The topological polar surface area (TPSA) is 35.1 Å². The number of hydrogen-bond donors (Lipinski definition) is 0. The second-order valence-electron chi connectivity index (χ2n) is 13.8. The first-order valence-corrected chi connectivity index (χ1v) is 16.9. The molecule has 0 saturated heterocycles. The van der Waals surface area contributed by atoms with Gasteiger partial charge in [-0.2, -0.15) is 0 Å². The third kappa shape index (κ3) is 3.47. The molecule has 0 saturated carbocycles. The number of aromatic nitrogens is 4. The van der Waals surface area contributed by atoms with Crippen LogP contribution in [0.4, 0.5) is 0 Å². The van der Waals surface area contributed by atoms with Crippen LogP contribution in [0.2, 0.25) is 0 Å². The smallest absolute Gasteiger partial charge is 0.146 e. The van der Waals surface area contributed by atoms with E-state index in [1.54, 1.807) is 0 Å². The Kier molecular flexibility index (Phi) is 5.15. The lowest BCUT2D eigenvalue weighted by Gasteiger charge is -2.21. The van der Waals surface area contributed by atoms with Crippen molar-refractivity contribution in [1.82, 2.24) is 18.9 Å². The van der Waals surface area contributed by atoms with Crippen molar-refractivity contribution in [1.29, 1.82) is 0 Å². The van der Waals surface area contributed by atoms with Crippen LogP contribution in [0.1, 0.15) is 25.0 Å². The maximum absolute atomic E-state index is 5.13. The molecule has 49 heavy (non-hydrogen) atoms. The van der Waals surface area contributed by atoms with E-state index in [1.165, 1.54) is 49.4 Å². The average molecular weight is 627 g/mol. The number of rotatable bonds is 2. The normalized spacial score (nSPS) is 13.7. The van der Waals surface area contributed by atoms with Gasteiger partial charge in [-0.25, -0.2) is 9.97 Å². The Labute approximate surface area is 282 Å². The van der Waals surface area contributed by atoms with Gasteiger partial charge in [-0.05, 0) is 81.2 Å². The van der Waals surface area contributed by atoms with E-state index in [4.69, 9.17) is 9.97 Å². The van der Waals surface area contributed by atoms with Gasteiger partial charge in [-0.1, -0.05) is 111 Å².